The van der Waals surface area contributed by atoms with Gasteiger partial charge in [-0.15, -0.1) is 0 Å². The monoisotopic (exact) mass is 728 g/mol. The molecule has 7 aromatic carbocycles. The zero-order valence-corrected chi connectivity index (χ0v) is 33.7. The molecular formula is C52H49BN2O. The minimum atomic E-state index is -0.00198. The Morgan fingerprint density at radius 3 is 2.05 bits per heavy atom. The first-order chi connectivity index (χ1) is 26.9. The lowest BCUT2D eigenvalue weighted by Gasteiger charge is -2.42. The lowest BCUT2D eigenvalue weighted by Crippen LogP contribution is -2.59. The molecule has 56 heavy (non-hydrogen) atoms. The molecule has 3 nitrogen and oxygen atoms in total. The van der Waals surface area contributed by atoms with Gasteiger partial charge in [-0.1, -0.05) is 120 Å². The van der Waals surface area contributed by atoms with E-state index in [1.807, 2.05) is 0 Å². The van der Waals surface area contributed by atoms with Crippen LogP contribution in [-0.2, 0) is 23.7 Å². The van der Waals surface area contributed by atoms with Crippen molar-refractivity contribution < 1.29 is 4.74 Å². The molecule has 0 saturated heterocycles. The average molecular weight is 729 g/mol. The van der Waals surface area contributed by atoms with Crippen molar-refractivity contribution in [3.63, 3.8) is 0 Å². The molecule has 0 saturated carbocycles. The second-order valence-electron chi connectivity index (χ2n) is 18.3. The van der Waals surface area contributed by atoms with Crippen LogP contribution in [0.15, 0.2) is 133 Å². The smallest absolute Gasteiger partial charge is 0.256 e. The summed E-state index contributed by atoms with van der Waals surface area (Å²) in [6.07, 6.45) is 3.49. The van der Waals surface area contributed by atoms with Gasteiger partial charge in [0.05, 0.1) is 5.69 Å². The summed E-state index contributed by atoms with van der Waals surface area (Å²) in [7, 11) is 0. The molecule has 0 atom stereocenters. The molecule has 0 bridgehead atoms. The van der Waals surface area contributed by atoms with Gasteiger partial charge in [0, 0.05) is 34.5 Å². The summed E-state index contributed by atoms with van der Waals surface area (Å²) in [5.41, 5.74) is 17.5. The van der Waals surface area contributed by atoms with Crippen molar-refractivity contribution in [2.45, 2.75) is 78.6 Å². The van der Waals surface area contributed by atoms with Crippen LogP contribution in [0, 0.1) is 6.92 Å². The fourth-order valence-electron chi connectivity index (χ4n) is 9.30. The van der Waals surface area contributed by atoms with Crippen LogP contribution in [-0.4, -0.2) is 6.71 Å². The van der Waals surface area contributed by atoms with Crippen LogP contribution in [0.4, 0.5) is 34.1 Å². The highest BCUT2D eigenvalue weighted by molar-refractivity contribution is 6.99. The van der Waals surface area contributed by atoms with E-state index < -0.39 is 0 Å². The van der Waals surface area contributed by atoms with Gasteiger partial charge in [-0.05, 0) is 141 Å². The molecule has 2 aliphatic heterocycles. The largest absolute Gasteiger partial charge is 0.458 e. The predicted molar refractivity (Wildman–Crippen MR) is 239 cm³/mol. The molecule has 0 fully saturated rings. The molecule has 0 amide bonds. The van der Waals surface area contributed by atoms with Crippen LogP contribution < -0.4 is 30.9 Å². The van der Waals surface area contributed by atoms with Gasteiger partial charge in [-0.3, -0.25) is 0 Å². The molecule has 0 unspecified atom stereocenters. The van der Waals surface area contributed by atoms with Crippen LogP contribution in [0.3, 0.4) is 0 Å². The zero-order valence-electron chi connectivity index (χ0n) is 33.7. The number of ether oxygens (including phenoxy) is 1. The normalized spacial score (nSPS) is 14.2. The Hall–Kier alpha value is -5.74. The van der Waals surface area contributed by atoms with Gasteiger partial charge >= 0.3 is 0 Å². The number of fused-ring (bicyclic) bond motifs is 6. The van der Waals surface area contributed by atoms with E-state index in [-0.39, 0.29) is 17.5 Å². The number of nitrogens with zero attached hydrogens (tertiary/aromatic N) is 2. The Bertz CT molecular complexity index is 2700. The van der Waals surface area contributed by atoms with Gasteiger partial charge in [0.1, 0.15) is 11.5 Å². The third kappa shape index (κ3) is 5.72. The van der Waals surface area contributed by atoms with E-state index in [1.165, 1.54) is 72.8 Å². The maximum absolute atomic E-state index is 7.09. The minimum absolute atomic E-state index is 0.00198. The third-order valence-electron chi connectivity index (χ3n) is 12.4. The zero-order chi connectivity index (χ0) is 38.5. The average Bonchev–Trinajstić information content (AvgIpc) is 3.65. The second-order valence-corrected chi connectivity index (χ2v) is 18.3. The summed E-state index contributed by atoms with van der Waals surface area (Å²) in [5, 5.41) is 2.46. The quantitative estimate of drug-likeness (QED) is 0.168. The Morgan fingerprint density at radius 1 is 0.554 bits per heavy atom. The van der Waals surface area contributed by atoms with Gasteiger partial charge in [-0.25, -0.2) is 0 Å². The van der Waals surface area contributed by atoms with Crippen LogP contribution in [0.5, 0.6) is 11.5 Å². The van der Waals surface area contributed by atoms with Crippen LogP contribution in [0.2, 0.25) is 0 Å². The number of rotatable bonds is 4. The summed E-state index contributed by atoms with van der Waals surface area (Å²) < 4.78 is 7.09. The molecule has 0 aromatic heterocycles. The highest BCUT2D eigenvalue weighted by Crippen LogP contribution is 2.47. The number of benzene rings is 7. The summed E-state index contributed by atoms with van der Waals surface area (Å²) >= 11 is 0. The molecule has 0 N–H and O–H groups in total. The van der Waals surface area contributed by atoms with Gasteiger partial charge < -0.3 is 14.5 Å². The van der Waals surface area contributed by atoms with E-state index in [4.69, 9.17) is 4.74 Å². The van der Waals surface area contributed by atoms with Gasteiger partial charge in [0.2, 0.25) is 0 Å². The molecule has 0 spiro atoms. The van der Waals surface area contributed by atoms with E-state index in [2.05, 4.69) is 192 Å². The van der Waals surface area contributed by atoms with E-state index in [9.17, 15) is 0 Å². The minimum Gasteiger partial charge on any atom is -0.458 e. The standard InChI is InChI=1S/C52H49BN2O/c1-33-15-26-48-45(27-33)53-44-30-39(52(5,6)7)20-25-46(44)55(40-23-18-38(19-24-40)51(2,3)4)47-31-43(32-49(56-48)50(47)53)54(42-22-17-35-13-10-14-37(35)29-42)41-21-16-34-11-8-9-12-36(34)28-41/h8-9,11-12,15-32H,10,13-14H2,1-7H3. The maximum Gasteiger partial charge on any atom is 0.256 e. The van der Waals surface area contributed by atoms with E-state index in [1.54, 1.807) is 0 Å². The SMILES string of the molecule is Cc1ccc2c(c1)B1c3cc(C(C)(C)C)ccc3N(c3ccc(C(C)(C)C)cc3)c3cc(N(c4ccc5c(c4)CCC5)c4ccc5ccccc5c4)cc(c31)O2. The fraction of sp³-hybridized carbons (Fsp3) is 0.231. The third-order valence-corrected chi connectivity index (χ3v) is 12.4. The summed E-state index contributed by atoms with van der Waals surface area (Å²) in [6, 6.07) is 50.5. The highest BCUT2D eigenvalue weighted by Gasteiger charge is 2.43. The summed E-state index contributed by atoms with van der Waals surface area (Å²) in [5.74, 6) is 1.84. The first-order valence-corrected chi connectivity index (χ1v) is 20.3. The van der Waals surface area contributed by atoms with Crippen molar-refractivity contribution in [2.75, 3.05) is 9.80 Å². The van der Waals surface area contributed by atoms with Gasteiger partial charge in [-0.2, -0.15) is 0 Å². The number of hydrogen-bond acceptors (Lipinski definition) is 3. The molecule has 2 heterocycles. The number of anilines is 6. The van der Waals surface area contributed by atoms with Crippen LogP contribution in [0.25, 0.3) is 10.8 Å². The Kier molecular flexibility index (Phi) is 7.84. The number of hydrogen-bond donors (Lipinski definition) is 0. The topological polar surface area (TPSA) is 15.7 Å². The van der Waals surface area contributed by atoms with Crippen molar-refractivity contribution in [3.8, 4) is 11.5 Å². The molecule has 1 aliphatic carbocycles. The van der Waals surface area contributed by atoms with Gasteiger partial charge in [0.15, 0.2) is 0 Å². The van der Waals surface area contributed by atoms with Crippen molar-refractivity contribution in [3.05, 3.63) is 161 Å². The first kappa shape index (κ1) is 34.7. The number of aryl methyl sites for hydroxylation is 3. The van der Waals surface area contributed by atoms with Crippen LogP contribution >= 0.6 is 0 Å². The van der Waals surface area contributed by atoms with Gasteiger partial charge in [0.25, 0.3) is 6.71 Å². The van der Waals surface area contributed by atoms with E-state index in [0.717, 1.165) is 47.1 Å². The Balaban J connectivity index is 1.26. The maximum atomic E-state index is 7.09. The fourth-order valence-corrected chi connectivity index (χ4v) is 9.30. The van der Waals surface area contributed by atoms with Crippen molar-refractivity contribution in [1.82, 2.24) is 0 Å². The Morgan fingerprint density at radius 2 is 1.27 bits per heavy atom. The first-order valence-electron chi connectivity index (χ1n) is 20.3. The van der Waals surface area contributed by atoms with Crippen molar-refractivity contribution in [2.24, 2.45) is 0 Å². The van der Waals surface area contributed by atoms with E-state index >= 15 is 0 Å². The molecule has 4 heteroatoms. The van der Waals surface area contributed by atoms with E-state index in [0.29, 0.717) is 0 Å². The Labute approximate surface area is 332 Å². The summed E-state index contributed by atoms with van der Waals surface area (Å²) in [4.78, 5) is 4.95. The molecule has 10 rings (SSSR count). The lowest BCUT2D eigenvalue weighted by molar-refractivity contribution is 0.487. The highest BCUT2D eigenvalue weighted by atomic mass is 16.5. The molecule has 0 radical (unpaired) electrons. The van der Waals surface area contributed by atoms with Crippen molar-refractivity contribution in [1.29, 1.82) is 0 Å². The lowest BCUT2D eigenvalue weighted by atomic mass is 9.34. The summed E-state index contributed by atoms with van der Waals surface area (Å²) in [6.45, 7) is 16.0. The molecule has 276 valence electrons. The van der Waals surface area contributed by atoms with Crippen LogP contribution in [0.1, 0.15) is 75.8 Å². The molecule has 7 aromatic rings. The second kappa shape index (κ2) is 12.6. The van der Waals surface area contributed by atoms with Crippen molar-refractivity contribution >= 4 is 68.0 Å². The predicted octanol–water partition coefficient (Wildman–Crippen LogP) is 12.1. The molecular weight excluding hydrogens is 679 g/mol. The molecule has 3 aliphatic rings.